The Morgan fingerprint density at radius 1 is 1.45 bits per heavy atom. The van der Waals surface area contributed by atoms with Crippen LogP contribution >= 0.6 is 23.1 Å². The highest BCUT2D eigenvalue weighted by molar-refractivity contribution is 7.07. The summed E-state index contributed by atoms with van der Waals surface area (Å²) in [6.07, 6.45) is 0.632. The van der Waals surface area contributed by atoms with Gasteiger partial charge in [-0.3, -0.25) is 4.79 Å². The first-order valence-electron chi connectivity index (χ1n) is 5.90. The van der Waals surface area contributed by atoms with Gasteiger partial charge in [0, 0.05) is 30.6 Å². The topological polar surface area (TPSA) is 61.3 Å². The third kappa shape index (κ3) is 3.75. The number of Topliss-reactive ketones (excluding diaryl/α,β-unsaturated/α-hetero) is 1. The maximum atomic E-state index is 11.2. The molecular weight excluding hydrogens is 300 g/mol. The quantitative estimate of drug-likeness (QED) is 0.765. The molecule has 0 aliphatic carbocycles. The van der Waals surface area contributed by atoms with E-state index in [1.807, 2.05) is 0 Å². The molecular formula is C13H13ClN2O3S. The van der Waals surface area contributed by atoms with E-state index in [-0.39, 0.29) is 5.78 Å². The minimum Gasteiger partial charge on any atom is -0.428 e. The van der Waals surface area contributed by atoms with Crippen LogP contribution in [0.25, 0.3) is 0 Å². The number of ketones is 1. The minimum atomic E-state index is -0.0452. The van der Waals surface area contributed by atoms with E-state index in [0.29, 0.717) is 40.4 Å². The smallest absolute Gasteiger partial charge is 0.298 e. The summed E-state index contributed by atoms with van der Waals surface area (Å²) in [5, 5.41) is 0.778. The molecule has 0 saturated carbocycles. The van der Waals surface area contributed by atoms with E-state index in [9.17, 15) is 4.79 Å². The van der Waals surface area contributed by atoms with Crippen molar-refractivity contribution in [3.8, 4) is 10.9 Å². The highest BCUT2D eigenvalue weighted by Gasteiger charge is 2.10. The van der Waals surface area contributed by atoms with Crippen LogP contribution in [0.4, 0.5) is 0 Å². The molecule has 2 aromatic rings. The molecule has 0 spiro atoms. The lowest BCUT2D eigenvalue weighted by molar-refractivity contribution is 0.101. The van der Waals surface area contributed by atoms with Crippen molar-refractivity contribution in [2.24, 2.45) is 0 Å². The summed E-state index contributed by atoms with van der Waals surface area (Å²) in [7, 11) is 1.63. The van der Waals surface area contributed by atoms with Gasteiger partial charge < -0.3 is 9.47 Å². The van der Waals surface area contributed by atoms with E-state index >= 15 is 0 Å². The van der Waals surface area contributed by atoms with Crippen LogP contribution in [0.15, 0.2) is 18.2 Å². The summed E-state index contributed by atoms with van der Waals surface area (Å²) in [6, 6.07) is 4.89. The Morgan fingerprint density at radius 3 is 2.90 bits per heavy atom. The largest absolute Gasteiger partial charge is 0.428 e. The van der Waals surface area contributed by atoms with Gasteiger partial charge in [0.2, 0.25) is 0 Å². The molecule has 106 valence electrons. The molecule has 1 aromatic carbocycles. The van der Waals surface area contributed by atoms with Crippen molar-refractivity contribution >= 4 is 28.9 Å². The van der Waals surface area contributed by atoms with Crippen LogP contribution in [0.2, 0.25) is 5.02 Å². The SMILES string of the molecule is COCCc1nsc(Oc2ccc(C(C)=O)cc2Cl)n1. The number of halogens is 1. The van der Waals surface area contributed by atoms with E-state index in [1.165, 1.54) is 6.92 Å². The van der Waals surface area contributed by atoms with Crippen molar-refractivity contribution in [2.75, 3.05) is 13.7 Å². The van der Waals surface area contributed by atoms with E-state index < -0.39 is 0 Å². The Balaban J connectivity index is 2.09. The molecule has 1 heterocycles. The fraction of sp³-hybridized carbons (Fsp3) is 0.308. The van der Waals surface area contributed by atoms with Crippen molar-refractivity contribution in [1.29, 1.82) is 0 Å². The Morgan fingerprint density at radius 2 is 2.25 bits per heavy atom. The Kier molecular flexibility index (Phi) is 5.05. The van der Waals surface area contributed by atoms with Crippen LogP contribution in [-0.4, -0.2) is 28.9 Å². The zero-order valence-corrected chi connectivity index (χ0v) is 12.6. The molecule has 0 radical (unpaired) electrons. The number of rotatable bonds is 6. The van der Waals surface area contributed by atoms with Gasteiger partial charge in [-0.15, -0.1) is 0 Å². The third-order valence-corrected chi connectivity index (χ3v) is 3.44. The van der Waals surface area contributed by atoms with Crippen LogP contribution in [0.1, 0.15) is 23.1 Å². The van der Waals surface area contributed by atoms with Crippen molar-refractivity contribution in [3.05, 3.63) is 34.6 Å². The predicted molar refractivity (Wildman–Crippen MR) is 77.0 cm³/mol. The lowest BCUT2D eigenvalue weighted by Gasteiger charge is -2.04. The van der Waals surface area contributed by atoms with Crippen molar-refractivity contribution < 1.29 is 14.3 Å². The van der Waals surface area contributed by atoms with Crippen LogP contribution in [0.3, 0.4) is 0 Å². The first-order valence-corrected chi connectivity index (χ1v) is 7.05. The molecule has 0 N–H and O–H groups in total. The molecule has 0 bridgehead atoms. The molecule has 0 aliphatic rings. The number of nitrogens with zero attached hydrogens (tertiary/aromatic N) is 2. The van der Waals surface area contributed by atoms with Crippen LogP contribution in [0.5, 0.6) is 10.9 Å². The van der Waals surface area contributed by atoms with Crippen LogP contribution in [0, 0.1) is 0 Å². The van der Waals surface area contributed by atoms with E-state index in [1.54, 1.807) is 25.3 Å². The fourth-order valence-electron chi connectivity index (χ4n) is 1.47. The zero-order chi connectivity index (χ0) is 14.5. The summed E-state index contributed by atoms with van der Waals surface area (Å²) in [6.45, 7) is 2.04. The van der Waals surface area contributed by atoms with Crippen LogP contribution < -0.4 is 4.74 Å². The van der Waals surface area contributed by atoms with Gasteiger partial charge in [-0.1, -0.05) is 11.6 Å². The maximum Gasteiger partial charge on any atom is 0.298 e. The standard InChI is InChI=1S/C13H13ClN2O3S/c1-8(17)9-3-4-11(10(14)7-9)19-13-15-12(16-20-13)5-6-18-2/h3-4,7H,5-6H2,1-2H3. The first-order chi connectivity index (χ1) is 9.60. The number of methoxy groups -OCH3 is 1. The number of hydrogen-bond donors (Lipinski definition) is 0. The van der Waals surface area contributed by atoms with E-state index in [4.69, 9.17) is 21.1 Å². The average molecular weight is 313 g/mol. The lowest BCUT2D eigenvalue weighted by Crippen LogP contribution is -1.96. The highest BCUT2D eigenvalue weighted by Crippen LogP contribution is 2.31. The summed E-state index contributed by atoms with van der Waals surface area (Å²) in [5.74, 6) is 1.07. The molecule has 7 heteroatoms. The monoisotopic (exact) mass is 312 g/mol. The fourth-order valence-corrected chi connectivity index (χ4v) is 2.28. The number of hydrogen-bond acceptors (Lipinski definition) is 6. The minimum absolute atomic E-state index is 0.0452. The Bertz CT molecular complexity index is 615. The van der Waals surface area contributed by atoms with Crippen LogP contribution in [-0.2, 0) is 11.2 Å². The summed E-state index contributed by atoms with van der Waals surface area (Å²) < 4.78 is 14.7. The normalized spacial score (nSPS) is 10.6. The number of carbonyl (C=O) groups excluding carboxylic acids is 1. The van der Waals surface area contributed by atoms with Gasteiger partial charge in [-0.05, 0) is 25.1 Å². The number of ether oxygens (including phenoxy) is 2. The maximum absolute atomic E-state index is 11.2. The summed E-state index contributed by atoms with van der Waals surface area (Å²) in [5.41, 5.74) is 0.542. The van der Waals surface area contributed by atoms with Crippen molar-refractivity contribution in [3.63, 3.8) is 0 Å². The van der Waals surface area contributed by atoms with Crippen molar-refractivity contribution in [1.82, 2.24) is 9.36 Å². The number of benzene rings is 1. The van der Waals surface area contributed by atoms with Gasteiger partial charge in [-0.2, -0.15) is 9.36 Å². The van der Waals surface area contributed by atoms with Gasteiger partial charge in [0.15, 0.2) is 5.78 Å². The second-order valence-electron chi connectivity index (χ2n) is 4.02. The first kappa shape index (κ1) is 14.9. The number of aromatic nitrogens is 2. The van der Waals surface area contributed by atoms with Gasteiger partial charge in [-0.25, -0.2) is 0 Å². The lowest BCUT2D eigenvalue weighted by atomic mass is 10.1. The predicted octanol–water partition coefficient (Wildman–Crippen LogP) is 3.38. The van der Waals surface area contributed by atoms with Gasteiger partial charge in [0.25, 0.3) is 5.19 Å². The van der Waals surface area contributed by atoms with Gasteiger partial charge in [0.1, 0.15) is 11.6 Å². The van der Waals surface area contributed by atoms with Gasteiger partial charge >= 0.3 is 0 Å². The Hall–Kier alpha value is -1.50. The average Bonchev–Trinajstić information content (AvgIpc) is 2.86. The Labute approximate surface area is 125 Å². The zero-order valence-electron chi connectivity index (χ0n) is 11.1. The van der Waals surface area contributed by atoms with E-state index in [2.05, 4.69) is 9.36 Å². The van der Waals surface area contributed by atoms with Crippen molar-refractivity contribution in [2.45, 2.75) is 13.3 Å². The molecule has 0 fully saturated rings. The second kappa shape index (κ2) is 6.78. The summed E-state index contributed by atoms with van der Waals surface area (Å²) >= 11 is 7.22. The molecule has 5 nitrogen and oxygen atoms in total. The third-order valence-electron chi connectivity index (χ3n) is 2.51. The molecule has 0 unspecified atom stereocenters. The number of carbonyl (C=O) groups is 1. The molecule has 1 aromatic heterocycles. The van der Waals surface area contributed by atoms with Gasteiger partial charge in [0.05, 0.1) is 11.6 Å². The highest BCUT2D eigenvalue weighted by atomic mass is 35.5. The molecule has 0 aliphatic heterocycles. The van der Waals surface area contributed by atoms with E-state index in [0.717, 1.165) is 11.5 Å². The molecule has 2 rings (SSSR count). The second-order valence-corrected chi connectivity index (χ2v) is 5.14. The molecule has 20 heavy (non-hydrogen) atoms. The molecule has 0 amide bonds. The molecule has 0 atom stereocenters. The molecule has 0 saturated heterocycles. The summed E-state index contributed by atoms with van der Waals surface area (Å²) in [4.78, 5) is 15.5.